The minimum Gasteiger partial charge on any atom is -0.480 e. The highest BCUT2D eigenvalue weighted by atomic mass is 16.4. The van der Waals surface area contributed by atoms with Crippen LogP contribution >= 0.6 is 0 Å². The average molecular weight is 264 g/mol. The van der Waals surface area contributed by atoms with Crippen LogP contribution in [0.3, 0.4) is 0 Å². The van der Waals surface area contributed by atoms with Crippen LogP contribution in [0.4, 0.5) is 0 Å². The molecule has 7 nitrogen and oxygen atoms in total. The van der Waals surface area contributed by atoms with Crippen molar-refractivity contribution in [3.8, 4) is 0 Å². The van der Waals surface area contributed by atoms with Crippen LogP contribution in [-0.4, -0.2) is 41.1 Å². The summed E-state index contributed by atoms with van der Waals surface area (Å²) in [6.45, 7) is 2.46. The molecule has 1 unspecified atom stereocenters. The van der Waals surface area contributed by atoms with E-state index in [4.69, 9.17) is 16.4 Å². The Balaban J connectivity index is 0.000000982. The lowest BCUT2D eigenvalue weighted by atomic mass is 10.1. The van der Waals surface area contributed by atoms with Gasteiger partial charge in [-0.05, 0) is 5.56 Å². The predicted octanol–water partition coefficient (Wildman–Crippen LogP) is -0.326. The smallest absolute Gasteiger partial charge is 0.326 e. The van der Waals surface area contributed by atoms with Crippen molar-refractivity contribution in [3.05, 3.63) is 41.4 Å². The minimum atomic E-state index is -1.06. The molecule has 0 heterocycles. The van der Waals surface area contributed by atoms with Crippen molar-refractivity contribution in [1.29, 1.82) is 0 Å². The average Bonchev–Trinajstić information content (AvgIpc) is 2.39. The summed E-state index contributed by atoms with van der Waals surface area (Å²) in [6, 6.07) is 8.17. The van der Waals surface area contributed by atoms with Gasteiger partial charge in [-0.25, -0.2) is 4.79 Å². The Labute approximate surface area is 110 Å². The van der Waals surface area contributed by atoms with E-state index in [1.807, 2.05) is 30.3 Å². The molecule has 0 aliphatic rings. The lowest BCUT2D eigenvalue weighted by Crippen LogP contribution is -2.44. The van der Waals surface area contributed by atoms with E-state index in [9.17, 15) is 9.59 Å². The number of nitrogens with zero attached hydrogens (tertiary/aromatic N) is 2. The van der Waals surface area contributed by atoms with E-state index in [2.05, 4.69) is 16.8 Å². The molecule has 4 N–H and O–H groups in total. The Kier molecular flexibility index (Phi) is 8.27. The second-order valence-corrected chi connectivity index (χ2v) is 3.49. The van der Waals surface area contributed by atoms with Crippen LogP contribution in [0.2, 0.25) is 0 Å². The van der Waals surface area contributed by atoms with E-state index in [-0.39, 0.29) is 13.0 Å². The minimum absolute atomic E-state index is 0.210. The number of carboxylic acids is 1. The van der Waals surface area contributed by atoms with Crippen molar-refractivity contribution in [2.45, 2.75) is 12.5 Å². The zero-order valence-electron chi connectivity index (χ0n) is 10.3. The van der Waals surface area contributed by atoms with E-state index in [0.29, 0.717) is 0 Å². The molecule has 1 atom stereocenters. The first-order chi connectivity index (χ1) is 9.04. The summed E-state index contributed by atoms with van der Waals surface area (Å²) >= 11 is 0. The number of amides is 1. The second kappa shape index (κ2) is 9.52. The van der Waals surface area contributed by atoms with Gasteiger partial charge in [0.15, 0.2) is 0 Å². The molecule has 0 bridgehead atoms. The van der Waals surface area contributed by atoms with Crippen molar-refractivity contribution in [2.24, 2.45) is 5.73 Å². The Morgan fingerprint density at radius 3 is 2.37 bits per heavy atom. The van der Waals surface area contributed by atoms with E-state index in [0.717, 1.165) is 5.56 Å². The highest BCUT2D eigenvalue weighted by Crippen LogP contribution is 2.03. The number of rotatable bonds is 5. The highest BCUT2D eigenvalue weighted by molar-refractivity contribution is 5.84. The number of carbonyl (C=O) groups excluding carboxylic acids is 1. The fraction of sp³-hybridized carbons (Fsp3) is 0.250. The molecule has 0 aromatic heterocycles. The van der Waals surface area contributed by atoms with Crippen molar-refractivity contribution in [3.63, 3.8) is 0 Å². The Bertz CT molecular complexity index is 442. The third-order valence-electron chi connectivity index (χ3n) is 2.10. The number of nitrogens with two attached hydrogens (primary N) is 1. The maximum Gasteiger partial charge on any atom is 0.326 e. The quantitative estimate of drug-likeness (QED) is 0.382. The molecule has 1 aromatic rings. The maximum absolute atomic E-state index is 11.0. The molecule has 0 aliphatic heterocycles. The van der Waals surface area contributed by atoms with Crippen molar-refractivity contribution >= 4 is 18.6 Å². The largest absolute Gasteiger partial charge is 0.480 e. The van der Waals surface area contributed by atoms with Gasteiger partial charge in [-0.2, -0.15) is 4.79 Å². The van der Waals surface area contributed by atoms with Gasteiger partial charge in [-0.1, -0.05) is 30.3 Å². The molecule has 102 valence electrons. The highest BCUT2D eigenvalue weighted by Gasteiger charge is 2.19. The van der Waals surface area contributed by atoms with Crippen molar-refractivity contribution in [1.82, 2.24) is 5.32 Å². The van der Waals surface area contributed by atoms with Crippen LogP contribution in [-0.2, 0) is 16.0 Å². The maximum atomic E-state index is 11.0. The first-order valence-electron chi connectivity index (χ1n) is 5.41. The summed E-state index contributed by atoms with van der Waals surface area (Å²) in [4.78, 5) is 24.2. The molecular formula is C12H16N4O3. The molecule has 1 amide bonds. The summed E-state index contributed by atoms with van der Waals surface area (Å²) < 4.78 is 0. The molecule has 1 rings (SSSR count). The zero-order chi connectivity index (χ0) is 14.7. The first-order valence-corrected chi connectivity index (χ1v) is 5.41. The van der Waals surface area contributed by atoms with E-state index < -0.39 is 17.9 Å². The van der Waals surface area contributed by atoms with Gasteiger partial charge in [0.05, 0.1) is 6.54 Å². The summed E-state index contributed by atoms with van der Waals surface area (Å²) in [5.41, 5.74) is 13.0. The van der Waals surface area contributed by atoms with Gasteiger partial charge in [-0.3, -0.25) is 4.79 Å². The molecule has 1 aromatic carbocycles. The predicted molar refractivity (Wildman–Crippen MR) is 69.5 cm³/mol. The first kappa shape index (κ1) is 16.5. The third-order valence-corrected chi connectivity index (χ3v) is 2.10. The Morgan fingerprint density at radius 1 is 1.42 bits per heavy atom. The SMILES string of the molecule is C=[N+]=[N-].NCC(=O)NC(Cc1ccccc1)C(=O)O. The van der Waals surface area contributed by atoms with E-state index in [1.165, 1.54) is 0 Å². The van der Waals surface area contributed by atoms with Crippen LogP contribution in [0.25, 0.3) is 5.53 Å². The fourth-order valence-electron chi connectivity index (χ4n) is 1.30. The molecule has 7 heteroatoms. The molecule has 0 spiro atoms. The van der Waals surface area contributed by atoms with Crippen LogP contribution in [0.1, 0.15) is 5.56 Å². The molecule has 0 saturated heterocycles. The lowest BCUT2D eigenvalue weighted by Gasteiger charge is -2.13. The molecule has 0 saturated carbocycles. The second-order valence-electron chi connectivity index (χ2n) is 3.49. The van der Waals surface area contributed by atoms with Gasteiger partial charge >= 0.3 is 5.97 Å². The number of aliphatic carboxylic acids is 1. The molecule has 0 radical (unpaired) electrons. The van der Waals surface area contributed by atoms with Crippen LogP contribution in [0.5, 0.6) is 0 Å². The van der Waals surface area contributed by atoms with Crippen molar-refractivity contribution in [2.75, 3.05) is 6.54 Å². The third kappa shape index (κ3) is 7.43. The molecule has 0 fully saturated rings. The number of benzene rings is 1. The van der Waals surface area contributed by atoms with Gasteiger partial charge in [0, 0.05) is 6.42 Å². The van der Waals surface area contributed by atoms with Gasteiger partial charge in [0.2, 0.25) is 12.6 Å². The van der Waals surface area contributed by atoms with Gasteiger partial charge in [0.25, 0.3) is 0 Å². The standard InChI is InChI=1S/C11H14N2O3.CH2N2/c12-7-10(14)13-9(11(15)16)6-8-4-2-1-3-5-8;1-3-2/h1-5,9H,6-7,12H2,(H,13,14)(H,15,16);1H2. The molecule has 0 aliphatic carbocycles. The van der Waals surface area contributed by atoms with Crippen LogP contribution in [0.15, 0.2) is 30.3 Å². The van der Waals surface area contributed by atoms with Gasteiger partial charge in [0.1, 0.15) is 6.04 Å². The van der Waals surface area contributed by atoms with Gasteiger partial charge < -0.3 is 21.7 Å². The van der Waals surface area contributed by atoms with Crippen molar-refractivity contribution < 1.29 is 19.5 Å². The summed E-state index contributed by atoms with van der Waals surface area (Å²) in [7, 11) is 0. The summed E-state index contributed by atoms with van der Waals surface area (Å²) in [6.07, 6.45) is 0.252. The Morgan fingerprint density at radius 2 is 1.95 bits per heavy atom. The topological polar surface area (TPSA) is 129 Å². The Hall–Kier alpha value is -2.50. The molecule has 19 heavy (non-hydrogen) atoms. The van der Waals surface area contributed by atoms with Crippen LogP contribution < -0.4 is 11.1 Å². The van der Waals surface area contributed by atoms with E-state index in [1.54, 1.807) is 0 Å². The normalized spacial score (nSPS) is 10.4. The summed E-state index contributed by atoms with van der Waals surface area (Å²) in [5, 5.41) is 11.3. The number of hydrogen-bond donors (Lipinski definition) is 3. The van der Waals surface area contributed by atoms with Crippen LogP contribution in [0, 0.1) is 0 Å². The number of nitrogens with one attached hydrogen (secondary N) is 1. The number of carboxylic acid groups (broad SMARTS) is 1. The molecular weight excluding hydrogens is 248 g/mol. The van der Waals surface area contributed by atoms with E-state index >= 15 is 0 Å². The number of carbonyl (C=O) groups is 2. The summed E-state index contributed by atoms with van der Waals surface area (Å²) in [5.74, 6) is -1.53. The zero-order valence-corrected chi connectivity index (χ0v) is 10.3. The monoisotopic (exact) mass is 264 g/mol. The van der Waals surface area contributed by atoms with Gasteiger partial charge in [-0.15, -0.1) is 0 Å². The lowest BCUT2D eigenvalue weighted by molar-refractivity contribution is -0.141. The number of hydrogen-bond acceptors (Lipinski definition) is 3. The fourth-order valence-corrected chi connectivity index (χ4v) is 1.30.